The van der Waals surface area contributed by atoms with Gasteiger partial charge in [0.25, 0.3) is 0 Å². The summed E-state index contributed by atoms with van der Waals surface area (Å²) in [7, 11) is 0. The van der Waals surface area contributed by atoms with Gasteiger partial charge >= 0.3 is 5.97 Å². The maximum Gasteiger partial charge on any atom is 0.337 e. The predicted octanol–water partition coefficient (Wildman–Crippen LogP) is 4.27. The summed E-state index contributed by atoms with van der Waals surface area (Å²) >= 11 is 5.87. The van der Waals surface area contributed by atoms with Crippen LogP contribution in [0.25, 0.3) is 0 Å². The highest BCUT2D eigenvalue weighted by atomic mass is 35.5. The predicted molar refractivity (Wildman–Crippen MR) is 78.0 cm³/mol. The summed E-state index contributed by atoms with van der Waals surface area (Å²) in [6.45, 7) is 4.55. The molecule has 19 heavy (non-hydrogen) atoms. The standard InChI is InChI=1S/C15H20ClNO2/c1-9-5-10(2)7-12(6-9)17-11-3-4-14(16)13(8-11)15(18)19/h3-4,8-10,12,17H,5-7H2,1-2H3,(H,18,19). The number of carboxylic acids is 1. The minimum Gasteiger partial charge on any atom is -0.478 e. The van der Waals surface area contributed by atoms with Crippen molar-refractivity contribution in [2.45, 2.75) is 39.2 Å². The minimum absolute atomic E-state index is 0.156. The molecule has 1 fully saturated rings. The number of benzene rings is 1. The molecular weight excluding hydrogens is 262 g/mol. The molecule has 1 saturated carbocycles. The second kappa shape index (κ2) is 5.83. The fourth-order valence-corrected chi connectivity index (χ4v) is 3.28. The van der Waals surface area contributed by atoms with Gasteiger partial charge in [-0.15, -0.1) is 0 Å². The molecule has 1 aromatic rings. The van der Waals surface area contributed by atoms with E-state index in [0.29, 0.717) is 17.9 Å². The molecular formula is C15H20ClNO2. The van der Waals surface area contributed by atoms with Gasteiger partial charge in [0, 0.05) is 11.7 Å². The van der Waals surface area contributed by atoms with Crippen molar-refractivity contribution < 1.29 is 9.90 Å². The molecule has 0 radical (unpaired) electrons. The minimum atomic E-state index is -0.987. The van der Waals surface area contributed by atoms with Crippen molar-refractivity contribution in [3.05, 3.63) is 28.8 Å². The van der Waals surface area contributed by atoms with Crippen LogP contribution < -0.4 is 5.32 Å². The average molecular weight is 282 g/mol. The molecule has 2 N–H and O–H groups in total. The number of aromatic carboxylic acids is 1. The molecule has 0 bridgehead atoms. The first-order valence-corrected chi connectivity index (χ1v) is 7.13. The van der Waals surface area contributed by atoms with E-state index in [2.05, 4.69) is 19.2 Å². The first-order chi connectivity index (χ1) is 8.95. The third-order valence-corrected chi connectivity index (χ3v) is 4.08. The molecule has 0 aromatic heterocycles. The molecule has 2 unspecified atom stereocenters. The van der Waals surface area contributed by atoms with E-state index in [0.717, 1.165) is 18.5 Å². The number of rotatable bonds is 3. The highest BCUT2D eigenvalue weighted by molar-refractivity contribution is 6.33. The van der Waals surface area contributed by atoms with Gasteiger partial charge in [-0.1, -0.05) is 25.4 Å². The van der Waals surface area contributed by atoms with E-state index < -0.39 is 5.97 Å². The van der Waals surface area contributed by atoms with Gasteiger partial charge in [-0.3, -0.25) is 0 Å². The largest absolute Gasteiger partial charge is 0.478 e. The zero-order valence-corrected chi connectivity index (χ0v) is 12.1. The molecule has 104 valence electrons. The molecule has 0 saturated heterocycles. The van der Waals surface area contributed by atoms with Gasteiger partial charge in [0.2, 0.25) is 0 Å². The Morgan fingerprint density at radius 2 is 1.89 bits per heavy atom. The lowest BCUT2D eigenvalue weighted by Crippen LogP contribution is -2.30. The van der Waals surface area contributed by atoms with Crippen LogP contribution in [-0.2, 0) is 0 Å². The summed E-state index contributed by atoms with van der Waals surface area (Å²) in [6.07, 6.45) is 3.55. The van der Waals surface area contributed by atoms with Crippen LogP contribution in [0.2, 0.25) is 5.02 Å². The monoisotopic (exact) mass is 281 g/mol. The summed E-state index contributed by atoms with van der Waals surface area (Å²) in [6, 6.07) is 5.53. The second-order valence-corrected chi connectivity index (χ2v) is 6.17. The van der Waals surface area contributed by atoms with E-state index in [9.17, 15) is 4.79 Å². The van der Waals surface area contributed by atoms with Crippen LogP contribution in [0.3, 0.4) is 0 Å². The van der Waals surface area contributed by atoms with E-state index in [-0.39, 0.29) is 10.6 Å². The Hall–Kier alpha value is -1.22. The van der Waals surface area contributed by atoms with Crippen LogP contribution in [0.1, 0.15) is 43.5 Å². The van der Waals surface area contributed by atoms with Crippen LogP contribution in [0, 0.1) is 11.8 Å². The molecule has 1 aliphatic rings. The molecule has 2 rings (SSSR count). The van der Waals surface area contributed by atoms with Gasteiger partial charge < -0.3 is 10.4 Å². The number of carboxylic acid groups (broad SMARTS) is 1. The lowest BCUT2D eigenvalue weighted by atomic mass is 9.80. The summed E-state index contributed by atoms with van der Waals surface area (Å²) in [5, 5.41) is 12.8. The Labute approximate surface area is 119 Å². The molecule has 2 atom stereocenters. The Morgan fingerprint density at radius 1 is 1.26 bits per heavy atom. The van der Waals surface area contributed by atoms with Crippen molar-refractivity contribution in [2.24, 2.45) is 11.8 Å². The van der Waals surface area contributed by atoms with Crippen molar-refractivity contribution in [1.29, 1.82) is 0 Å². The Morgan fingerprint density at radius 3 is 2.47 bits per heavy atom. The number of halogens is 1. The van der Waals surface area contributed by atoms with Crippen molar-refractivity contribution in [1.82, 2.24) is 0 Å². The van der Waals surface area contributed by atoms with E-state index in [1.54, 1.807) is 12.1 Å². The third kappa shape index (κ3) is 3.63. The van der Waals surface area contributed by atoms with Crippen LogP contribution >= 0.6 is 11.6 Å². The smallest absolute Gasteiger partial charge is 0.337 e. The Bertz CT molecular complexity index is 465. The van der Waals surface area contributed by atoms with E-state index in [1.807, 2.05) is 6.07 Å². The molecule has 1 aliphatic carbocycles. The molecule has 1 aromatic carbocycles. The number of nitrogens with one attached hydrogen (secondary N) is 1. The number of anilines is 1. The first-order valence-electron chi connectivity index (χ1n) is 6.75. The topological polar surface area (TPSA) is 49.3 Å². The van der Waals surface area contributed by atoms with Crippen molar-refractivity contribution in [3.63, 3.8) is 0 Å². The van der Waals surface area contributed by atoms with Crippen molar-refractivity contribution in [3.8, 4) is 0 Å². The van der Waals surface area contributed by atoms with Gasteiger partial charge in [-0.05, 0) is 49.3 Å². The Kier molecular flexibility index (Phi) is 4.35. The maximum absolute atomic E-state index is 11.1. The van der Waals surface area contributed by atoms with Gasteiger partial charge in [0.1, 0.15) is 0 Å². The summed E-state index contributed by atoms with van der Waals surface area (Å²) in [5.41, 5.74) is 0.997. The zero-order valence-electron chi connectivity index (χ0n) is 11.3. The van der Waals surface area contributed by atoms with Gasteiger partial charge in [-0.25, -0.2) is 4.79 Å². The van der Waals surface area contributed by atoms with Gasteiger partial charge in [0.05, 0.1) is 10.6 Å². The average Bonchev–Trinajstić information content (AvgIpc) is 2.30. The lowest BCUT2D eigenvalue weighted by Gasteiger charge is -2.32. The van der Waals surface area contributed by atoms with E-state index in [4.69, 9.17) is 16.7 Å². The fourth-order valence-electron chi connectivity index (χ4n) is 3.08. The lowest BCUT2D eigenvalue weighted by molar-refractivity contribution is 0.0697. The van der Waals surface area contributed by atoms with Crippen LogP contribution in [0.15, 0.2) is 18.2 Å². The van der Waals surface area contributed by atoms with Crippen LogP contribution in [0.5, 0.6) is 0 Å². The maximum atomic E-state index is 11.1. The normalized spacial score (nSPS) is 27.0. The van der Waals surface area contributed by atoms with Crippen molar-refractivity contribution in [2.75, 3.05) is 5.32 Å². The SMILES string of the molecule is CC1CC(C)CC(Nc2ccc(Cl)c(C(=O)O)c2)C1. The highest BCUT2D eigenvalue weighted by Gasteiger charge is 2.24. The molecule has 0 spiro atoms. The first kappa shape index (κ1) is 14.2. The number of carbonyl (C=O) groups is 1. The number of hydrogen-bond acceptors (Lipinski definition) is 2. The van der Waals surface area contributed by atoms with Gasteiger partial charge in [0.15, 0.2) is 0 Å². The summed E-state index contributed by atoms with van der Waals surface area (Å²) < 4.78 is 0. The zero-order chi connectivity index (χ0) is 14.0. The molecule has 0 heterocycles. The fraction of sp³-hybridized carbons (Fsp3) is 0.533. The van der Waals surface area contributed by atoms with E-state index >= 15 is 0 Å². The second-order valence-electron chi connectivity index (χ2n) is 5.76. The quantitative estimate of drug-likeness (QED) is 0.870. The van der Waals surface area contributed by atoms with Crippen LogP contribution in [-0.4, -0.2) is 17.1 Å². The Balaban J connectivity index is 2.10. The van der Waals surface area contributed by atoms with Crippen molar-refractivity contribution >= 4 is 23.3 Å². The molecule has 0 aliphatic heterocycles. The molecule has 4 heteroatoms. The third-order valence-electron chi connectivity index (χ3n) is 3.75. The number of hydrogen-bond donors (Lipinski definition) is 2. The van der Waals surface area contributed by atoms with Gasteiger partial charge in [-0.2, -0.15) is 0 Å². The van der Waals surface area contributed by atoms with E-state index in [1.165, 1.54) is 6.42 Å². The molecule has 3 nitrogen and oxygen atoms in total. The highest BCUT2D eigenvalue weighted by Crippen LogP contribution is 2.31. The summed E-state index contributed by atoms with van der Waals surface area (Å²) in [4.78, 5) is 11.1. The van der Waals surface area contributed by atoms with Crippen LogP contribution in [0.4, 0.5) is 5.69 Å². The summed E-state index contributed by atoms with van der Waals surface area (Å²) in [5.74, 6) is 0.444. The molecule has 0 amide bonds.